The van der Waals surface area contributed by atoms with Crippen LogP contribution < -0.4 is 5.32 Å². The number of carbonyl (C=O) groups excluding carboxylic acids is 3. The van der Waals surface area contributed by atoms with Crippen molar-refractivity contribution in [2.75, 3.05) is 18.5 Å². The summed E-state index contributed by atoms with van der Waals surface area (Å²) < 4.78 is 10.0. The van der Waals surface area contributed by atoms with E-state index in [4.69, 9.17) is 9.47 Å². The third-order valence-corrected chi connectivity index (χ3v) is 5.18. The van der Waals surface area contributed by atoms with Gasteiger partial charge < -0.3 is 14.8 Å². The van der Waals surface area contributed by atoms with Gasteiger partial charge in [0.1, 0.15) is 5.00 Å². The van der Waals surface area contributed by atoms with E-state index in [0.717, 1.165) is 11.3 Å². The fourth-order valence-electron chi connectivity index (χ4n) is 2.20. The van der Waals surface area contributed by atoms with Crippen LogP contribution in [0.1, 0.15) is 55.3 Å². The number of amides is 1. The van der Waals surface area contributed by atoms with E-state index < -0.39 is 11.9 Å². The van der Waals surface area contributed by atoms with Crippen LogP contribution in [0.15, 0.2) is 6.07 Å². The Morgan fingerprint density at radius 3 is 2.54 bits per heavy atom. The van der Waals surface area contributed by atoms with E-state index in [1.807, 2.05) is 20.8 Å². The second kappa shape index (κ2) is 7.79. The van der Waals surface area contributed by atoms with Crippen molar-refractivity contribution < 1.29 is 23.9 Å². The van der Waals surface area contributed by atoms with E-state index in [-0.39, 0.29) is 31.0 Å². The van der Waals surface area contributed by atoms with E-state index in [1.165, 1.54) is 11.3 Å². The van der Waals surface area contributed by atoms with Gasteiger partial charge in [-0.2, -0.15) is 0 Å². The minimum atomic E-state index is -0.472. The predicted octanol–water partition coefficient (Wildman–Crippen LogP) is 3.19. The topological polar surface area (TPSA) is 81.7 Å². The van der Waals surface area contributed by atoms with E-state index in [9.17, 15) is 14.4 Å². The largest absolute Gasteiger partial charge is 0.462 e. The SMILES string of the molecule is CCOC(=O)c1cc(C(C)C)sc1NC(=O)COC(=O)[C@H]1C[C@H]1C. The summed E-state index contributed by atoms with van der Waals surface area (Å²) in [4.78, 5) is 36.7. The quantitative estimate of drug-likeness (QED) is 0.761. The van der Waals surface area contributed by atoms with Crippen LogP contribution in [-0.2, 0) is 19.1 Å². The molecule has 7 heteroatoms. The molecular weight excluding hydrogens is 330 g/mol. The van der Waals surface area contributed by atoms with Gasteiger partial charge in [-0.1, -0.05) is 20.8 Å². The Morgan fingerprint density at radius 1 is 1.33 bits per heavy atom. The van der Waals surface area contributed by atoms with Crippen molar-refractivity contribution in [3.8, 4) is 0 Å². The van der Waals surface area contributed by atoms with Crippen molar-refractivity contribution in [2.24, 2.45) is 11.8 Å². The van der Waals surface area contributed by atoms with Crippen molar-refractivity contribution in [1.82, 2.24) is 0 Å². The zero-order valence-electron chi connectivity index (χ0n) is 14.4. The summed E-state index contributed by atoms with van der Waals surface area (Å²) >= 11 is 1.33. The molecule has 1 amide bonds. The third-order valence-electron chi connectivity index (χ3n) is 3.83. The van der Waals surface area contributed by atoms with Gasteiger partial charge in [0.2, 0.25) is 0 Å². The predicted molar refractivity (Wildman–Crippen MR) is 91.2 cm³/mol. The van der Waals surface area contributed by atoms with Crippen LogP contribution in [0.5, 0.6) is 0 Å². The molecule has 0 saturated heterocycles. The molecule has 1 aliphatic carbocycles. The highest BCUT2D eigenvalue weighted by atomic mass is 32.1. The van der Waals surface area contributed by atoms with Gasteiger partial charge in [-0.3, -0.25) is 9.59 Å². The number of ether oxygens (including phenoxy) is 2. The summed E-state index contributed by atoms with van der Waals surface area (Å²) in [5, 5.41) is 3.08. The highest BCUT2D eigenvalue weighted by Crippen LogP contribution is 2.38. The third kappa shape index (κ3) is 4.56. The number of hydrogen-bond donors (Lipinski definition) is 1. The van der Waals surface area contributed by atoms with Gasteiger partial charge in [-0.25, -0.2) is 4.79 Å². The van der Waals surface area contributed by atoms with Crippen LogP contribution >= 0.6 is 11.3 Å². The first-order valence-corrected chi connectivity index (χ1v) is 8.92. The number of carbonyl (C=O) groups is 3. The summed E-state index contributed by atoms with van der Waals surface area (Å²) in [5.41, 5.74) is 0.334. The molecule has 1 aromatic heterocycles. The van der Waals surface area contributed by atoms with E-state index in [1.54, 1.807) is 13.0 Å². The molecule has 0 aromatic carbocycles. The Balaban J connectivity index is 2.00. The molecule has 0 bridgehead atoms. The molecule has 1 N–H and O–H groups in total. The summed E-state index contributed by atoms with van der Waals surface area (Å²) in [6.07, 6.45) is 0.816. The summed E-state index contributed by atoms with van der Waals surface area (Å²) in [6, 6.07) is 1.74. The lowest BCUT2D eigenvalue weighted by atomic mass is 10.1. The van der Waals surface area contributed by atoms with Crippen LogP contribution in [-0.4, -0.2) is 31.1 Å². The van der Waals surface area contributed by atoms with Gasteiger partial charge in [0.05, 0.1) is 18.1 Å². The van der Waals surface area contributed by atoms with Gasteiger partial charge in [0.25, 0.3) is 5.91 Å². The van der Waals surface area contributed by atoms with Gasteiger partial charge in [0.15, 0.2) is 6.61 Å². The van der Waals surface area contributed by atoms with Crippen LogP contribution in [0, 0.1) is 11.8 Å². The van der Waals surface area contributed by atoms with E-state index >= 15 is 0 Å². The number of esters is 2. The van der Waals surface area contributed by atoms with Crippen molar-refractivity contribution in [3.63, 3.8) is 0 Å². The van der Waals surface area contributed by atoms with Crippen molar-refractivity contribution in [2.45, 2.75) is 40.0 Å². The Morgan fingerprint density at radius 2 is 2.00 bits per heavy atom. The van der Waals surface area contributed by atoms with Crippen LogP contribution in [0.4, 0.5) is 5.00 Å². The van der Waals surface area contributed by atoms with Crippen LogP contribution in [0.3, 0.4) is 0 Å². The van der Waals surface area contributed by atoms with E-state index in [0.29, 0.717) is 16.5 Å². The summed E-state index contributed by atoms with van der Waals surface area (Å²) in [7, 11) is 0. The first-order valence-electron chi connectivity index (χ1n) is 8.10. The standard InChI is InChI=1S/C17H23NO5S/c1-5-22-17(21)12-7-13(9(2)3)24-15(12)18-14(19)8-23-16(20)11-6-10(11)4/h7,9-11H,5-6,8H2,1-4H3,(H,18,19)/t10-,11+/m1/s1. The lowest BCUT2D eigenvalue weighted by molar-refractivity contribution is -0.148. The Kier molecular flexibility index (Phi) is 5.99. The Labute approximate surface area is 145 Å². The number of nitrogens with one attached hydrogen (secondary N) is 1. The second-order valence-corrected chi connectivity index (χ2v) is 7.33. The maximum atomic E-state index is 12.0. The number of thiophene rings is 1. The molecule has 0 aliphatic heterocycles. The average Bonchev–Trinajstić information content (AvgIpc) is 3.09. The first-order chi connectivity index (χ1) is 11.3. The second-order valence-electron chi connectivity index (χ2n) is 6.24. The molecule has 6 nitrogen and oxygen atoms in total. The minimum Gasteiger partial charge on any atom is -0.462 e. The van der Waals surface area contributed by atoms with Crippen LogP contribution in [0.2, 0.25) is 0 Å². The summed E-state index contributed by atoms with van der Waals surface area (Å²) in [5.74, 6) is -0.788. The maximum absolute atomic E-state index is 12.0. The highest BCUT2D eigenvalue weighted by molar-refractivity contribution is 7.16. The zero-order chi connectivity index (χ0) is 17.9. The van der Waals surface area contributed by atoms with Crippen molar-refractivity contribution in [3.05, 3.63) is 16.5 Å². The monoisotopic (exact) mass is 353 g/mol. The van der Waals surface area contributed by atoms with Gasteiger partial charge in [0, 0.05) is 4.88 Å². The lowest BCUT2D eigenvalue weighted by Crippen LogP contribution is -2.22. The molecule has 1 saturated carbocycles. The fourth-order valence-corrected chi connectivity index (χ4v) is 3.27. The summed E-state index contributed by atoms with van der Waals surface area (Å²) in [6.45, 7) is 7.62. The zero-order valence-corrected chi connectivity index (χ0v) is 15.2. The molecule has 24 heavy (non-hydrogen) atoms. The smallest absolute Gasteiger partial charge is 0.341 e. The number of hydrogen-bond acceptors (Lipinski definition) is 6. The molecule has 1 aromatic rings. The van der Waals surface area contributed by atoms with Gasteiger partial charge in [-0.05, 0) is 31.2 Å². The average molecular weight is 353 g/mol. The first kappa shape index (κ1) is 18.4. The normalized spacial score (nSPS) is 19.0. The molecule has 0 radical (unpaired) electrons. The molecule has 132 valence electrons. The molecule has 0 unspecified atom stereocenters. The molecule has 1 heterocycles. The molecule has 0 spiro atoms. The van der Waals surface area contributed by atoms with Crippen LogP contribution in [0.25, 0.3) is 0 Å². The molecule has 2 rings (SSSR count). The highest BCUT2D eigenvalue weighted by Gasteiger charge is 2.40. The van der Waals surface area contributed by atoms with Gasteiger partial charge in [-0.15, -0.1) is 11.3 Å². The molecular formula is C17H23NO5S. The number of rotatable bonds is 7. The Bertz CT molecular complexity index is 637. The van der Waals surface area contributed by atoms with Gasteiger partial charge >= 0.3 is 11.9 Å². The number of anilines is 1. The van der Waals surface area contributed by atoms with Crippen molar-refractivity contribution in [1.29, 1.82) is 0 Å². The molecule has 2 atom stereocenters. The maximum Gasteiger partial charge on any atom is 0.341 e. The van der Waals surface area contributed by atoms with Crippen molar-refractivity contribution >= 4 is 34.2 Å². The molecule has 1 aliphatic rings. The lowest BCUT2D eigenvalue weighted by Gasteiger charge is -2.07. The Hall–Kier alpha value is -1.89. The van der Waals surface area contributed by atoms with E-state index in [2.05, 4.69) is 5.32 Å². The fraction of sp³-hybridized carbons (Fsp3) is 0.588. The molecule has 1 fully saturated rings. The minimum absolute atomic E-state index is 0.0813.